The predicted octanol–water partition coefficient (Wildman–Crippen LogP) is 3.79. The van der Waals surface area contributed by atoms with Crippen LogP contribution in [0.25, 0.3) is 0 Å². The van der Waals surface area contributed by atoms with Crippen LogP contribution in [0.5, 0.6) is 0 Å². The molecule has 0 aliphatic carbocycles. The molecule has 4 rings (SSSR count). The normalized spacial score (nSPS) is 19.5. The Labute approximate surface area is 144 Å². The standard InChI is InChI=1S/C20H17NO2S/c22-19-17-10-4-5-11-18(17)20(23,13-15-7-2-1-3-8-15)21(19)14-16-9-6-12-24-16/h1-12,23H,13-14H2/t20-/m0/s1. The van der Waals surface area contributed by atoms with Gasteiger partial charge in [0.05, 0.1) is 6.54 Å². The third kappa shape index (κ3) is 2.44. The summed E-state index contributed by atoms with van der Waals surface area (Å²) in [6.45, 7) is 0.411. The molecule has 1 aliphatic rings. The molecule has 0 saturated carbocycles. The maximum Gasteiger partial charge on any atom is 0.257 e. The molecule has 4 heteroatoms. The zero-order chi connectivity index (χ0) is 16.6. The summed E-state index contributed by atoms with van der Waals surface area (Å²) in [5, 5.41) is 13.5. The zero-order valence-corrected chi connectivity index (χ0v) is 13.9. The number of rotatable bonds is 4. The van der Waals surface area contributed by atoms with Crippen molar-refractivity contribution in [2.45, 2.75) is 18.7 Å². The molecule has 1 N–H and O–H groups in total. The fraction of sp³-hybridized carbons (Fsp3) is 0.150. The smallest absolute Gasteiger partial charge is 0.257 e. The molecule has 2 heterocycles. The summed E-state index contributed by atoms with van der Waals surface area (Å²) in [7, 11) is 0. The molecule has 0 fully saturated rings. The van der Waals surface area contributed by atoms with Crippen LogP contribution in [0.1, 0.15) is 26.4 Å². The van der Waals surface area contributed by atoms with Crippen LogP contribution in [-0.2, 0) is 18.7 Å². The molecule has 0 bridgehead atoms. The summed E-state index contributed by atoms with van der Waals surface area (Å²) < 4.78 is 0. The maximum atomic E-state index is 12.9. The number of thiophene rings is 1. The monoisotopic (exact) mass is 335 g/mol. The van der Waals surface area contributed by atoms with Gasteiger partial charge in [-0.1, -0.05) is 54.6 Å². The van der Waals surface area contributed by atoms with Crippen LogP contribution in [0.15, 0.2) is 72.1 Å². The number of benzene rings is 2. The summed E-state index contributed by atoms with van der Waals surface area (Å²) in [5.74, 6) is -0.113. The van der Waals surface area contributed by atoms with Gasteiger partial charge in [-0.2, -0.15) is 0 Å². The highest BCUT2D eigenvalue weighted by Gasteiger charge is 2.48. The van der Waals surface area contributed by atoms with Crippen molar-refractivity contribution in [1.29, 1.82) is 0 Å². The molecule has 120 valence electrons. The van der Waals surface area contributed by atoms with Gasteiger partial charge in [-0.05, 0) is 23.1 Å². The van der Waals surface area contributed by atoms with Gasteiger partial charge >= 0.3 is 0 Å². The van der Waals surface area contributed by atoms with E-state index in [4.69, 9.17) is 0 Å². The average molecular weight is 335 g/mol. The lowest BCUT2D eigenvalue weighted by molar-refractivity contribution is -0.0874. The molecule has 0 saturated heterocycles. The molecule has 0 radical (unpaired) electrons. The highest BCUT2D eigenvalue weighted by molar-refractivity contribution is 7.09. The van der Waals surface area contributed by atoms with Crippen LogP contribution < -0.4 is 0 Å². The van der Waals surface area contributed by atoms with Crippen molar-refractivity contribution in [2.75, 3.05) is 0 Å². The second-order valence-corrected chi connectivity index (χ2v) is 7.03. The van der Waals surface area contributed by atoms with Crippen LogP contribution >= 0.6 is 11.3 Å². The predicted molar refractivity (Wildman–Crippen MR) is 94.7 cm³/mol. The van der Waals surface area contributed by atoms with Crippen molar-refractivity contribution in [3.63, 3.8) is 0 Å². The van der Waals surface area contributed by atoms with Crippen molar-refractivity contribution in [3.05, 3.63) is 93.7 Å². The number of aliphatic hydroxyl groups is 1. The van der Waals surface area contributed by atoms with E-state index in [0.29, 0.717) is 24.1 Å². The molecule has 1 atom stereocenters. The van der Waals surface area contributed by atoms with Gasteiger partial charge < -0.3 is 10.0 Å². The highest BCUT2D eigenvalue weighted by Crippen LogP contribution is 2.40. The first-order valence-corrected chi connectivity index (χ1v) is 8.76. The van der Waals surface area contributed by atoms with E-state index < -0.39 is 5.72 Å². The van der Waals surface area contributed by atoms with E-state index in [2.05, 4.69) is 0 Å². The van der Waals surface area contributed by atoms with Gasteiger partial charge in [0.2, 0.25) is 0 Å². The van der Waals surface area contributed by atoms with Gasteiger partial charge in [0.15, 0.2) is 5.72 Å². The SMILES string of the molecule is O=C1c2ccccc2[C@@](O)(Cc2ccccc2)N1Cc1cccs1. The Morgan fingerprint density at radius 3 is 2.46 bits per heavy atom. The quantitative estimate of drug-likeness (QED) is 0.788. The third-order valence-corrected chi connectivity index (χ3v) is 5.33. The van der Waals surface area contributed by atoms with Crippen molar-refractivity contribution in [3.8, 4) is 0 Å². The molecular formula is C20H17NO2S. The second kappa shape index (κ2) is 5.89. The number of nitrogens with zero attached hydrogens (tertiary/aromatic N) is 1. The molecule has 1 amide bonds. The van der Waals surface area contributed by atoms with Crippen LogP contribution in [-0.4, -0.2) is 15.9 Å². The summed E-state index contributed by atoms with van der Waals surface area (Å²) >= 11 is 1.59. The van der Waals surface area contributed by atoms with Crippen LogP contribution in [0.3, 0.4) is 0 Å². The minimum absolute atomic E-state index is 0.113. The van der Waals surface area contributed by atoms with E-state index in [1.54, 1.807) is 22.3 Å². The molecule has 0 spiro atoms. The Bertz CT molecular complexity index is 860. The highest BCUT2D eigenvalue weighted by atomic mass is 32.1. The molecular weight excluding hydrogens is 318 g/mol. The number of carbonyl (C=O) groups is 1. The largest absolute Gasteiger partial charge is 0.366 e. The summed E-state index contributed by atoms with van der Waals surface area (Å²) in [6.07, 6.45) is 0.377. The Kier molecular flexibility index (Phi) is 3.71. The molecule has 3 nitrogen and oxygen atoms in total. The Morgan fingerprint density at radius 2 is 1.71 bits per heavy atom. The van der Waals surface area contributed by atoms with Gasteiger partial charge in [-0.3, -0.25) is 4.79 Å². The van der Waals surface area contributed by atoms with Gasteiger partial charge in [0.25, 0.3) is 5.91 Å². The van der Waals surface area contributed by atoms with E-state index in [1.165, 1.54) is 0 Å². The fourth-order valence-corrected chi connectivity index (χ4v) is 4.00. The van der Waals surface area contributed by atoms with Crippen molar-refractivity contribution < 1.29 is 9.90 Å². The molecule has 2 aromatic carbocycles. The van der Waals surface area contributed by atoms with Crippen molar-refractivity contribution in [2.24, 2.45) is 0 Å². The van der Waals surface area contributed by atoms with Crippen molar-refractivity contribution in [1.82, 2.24) is 4.90 Å². The lowest BCUT2D eigenvalue weighted by Crippen LogP contribution is -2.44. The van der Waals surface area contributed by atoms with E-state index in [9.17, 15) is 9.90 Å². The molecule has 0 unspecified atom stereocenters. The maximum absolute atomic E-state index is 12.9. The molecule has 3 aromatic rings. The van der Waals surface area contributed by atoms with E-state index >= 15 is 0 Å². The van der Waals surface area contributed by atoms with Crippen LogP contribution in [0, 0.1) is 0 Å². The Morgan fingerprint density at radius 1 is 0.958 bits per heavy atom. The van der Waals surface area contributed by atoms with Crippen LogP contribution in [0.2, 0.25) is 0 Å². The summed E-state index contributed by atoms with van der Waals surface area (Å²) in [4.78, 5) is 15.6. The number of carbonyl (C=O) groups excluding carboxylic acids is 1. The average Bonchev–Trinajstić information content (AvgIpc) is 3.19. The number of fused-ring (bicyclic) bond motifs is 1. The Hall–Kier alpha value is -2.43. The lowest BCUT2D eigenvalue weighted by atomic mass is 9.94. The topological polar surface area (TPSA) is 40.5 Å². The first-order valence-electron chi connectivity index (χ1n) is 7.89. The van der Waals surface area contributed by atoms with E-state index in [1.807, 2.05) is 66.0 Å². The zero-order valence-electron chi connectivity index (χ0n) is 13.1. The Balaban J connectivity index is 1.78. The van der Waals surface area contributed by atoms with Gasteiger partial charge in [-0.25, -0.2) is 0 Å². The van der Waals surface area contributed by atoms with Gasteiger partial charge in [-0.15, -0.1) is 11.3 Å². The first-order chi connectivity index (χ1) is 11.7. The fourth-order valence-electron chi connectivity index (χ4n) is 3.31. The number of amides is 1. The summed E-state index contributed by atoms with van der Waals surface area (Å²) in [6, 6.07) is 21.1. The number of hydrogen-bond acceptors (Lipinski definition) is 3. The number of hydrogen-bond donors (Lipinski definition) is 1. The third-order valence-electron chi connectivity index (χ3n) is 4.47. The van der Waals surface area contributed by atoms with Gasteiger partial charge in [0, 0.05) is 22.4 Å². The molecule has 1 aromatic heterocycles. The first kappa shape index (κ1) is 15.1. The lowest BCUT2D eigenvalue weighted by Gasteiger charge is -2.34. The molecule has 24 heavy (non-hydrogen) atoms. The van der Waals surface area contributed by atoms with E-state index in [0.717, 1.165) is 10.4 Å². The van der Waals surface area contributed by atoms with Crippen LogP contribution in [0.4, 0.5) is 0 Å². The summed E-state index contributed by atoms with van der Waals surface area (Å²) in [5.41, 5.74) is 0.961. The minimum atomic E-state index is -1.32. The van der Waals surface area contributed by atoms with Crippen molar-refractivity contribution >= 4 is 17.2 Å². The minimum Gasteiger partial charge on any atom is -0.366 e. The van der Waals surface area contributed by atoms with E-state index in [-0.39, 0.29) is 5.91 Å². The molecule has 1 aliphatic heterocycles. The second-order valence-electron chi connectivity index (χ2n) is 6.00. The van der Waals surface area contributed by atoms with Gasteiger partial charge in [0.1, 0.15) is 0 Å².